The maximum absolute atomic E-state index is 6.00. The van der Waals surface area contributed by atoms with Crippen molar-refractivity contribution in [2.75, 3.05) is 17.6 Å². The van der Waals surface area contributed by atoms with Gasteiger partial charge in [-0.3, -0.25) is 4.98 Å². The van der Waals surface area contributed by atoms with Crippen LogP contribution in [0.25, 0.3) is 10.9 Å². The summed E-state index contributed by atoms with van der Waals surface area (Å²) >= 11 is 0. The molecule has 2 atom stereocenters. The molecule has 0 bridgehead atoms. The normalized spacial score (nSPS) is 22.6. The van der Waals surface area contributed by atoms with E-state index in [-0.39, 0.29) is 0 Å². The van der Waals surface area contributed by atoms with Gasteiger partial charge in [0.25, 0.3) is 0 Å². The van der Waals surface area contributed by atoms with E-state index in [4.69, 9.17) is 5.73 Å². The van der Waals surface area contributed by atoms with Gasteiger partial charge in [-0.05, 0) is 24.3 Å². The quantitative estimate of drug-likeness (QED) is 0.847. The lowest BCUT2D eigenvalue weighted by Gasteiger charge is -2.11. The third-order valence-corrected chi connectivity index (χ3v) is 3.62. The fourth-order valence-corrected chi connectivity index (χ4v) is 2.27. The summed E-state index contributed by atoms with van der Waals surface area (Å²) in [5.41, 5.74) is 8.77. The van der Waals surface area contributed by atoms with E-state index in [0.29, 0.717) is 0 Å². The van der Waals surface area contributed by atoms with Crippen molar-refractivity contribution in [3.63, 3.8) is 0 Å². The van der Waals surface area contributed by atoms with Gasteiger partial charge in [0.15, 0.2) is 0 Å². The highest BCUT2D eigenvalue weighted by Gasteiger charge is 2.32. The fourth-order valence-electron chi connectivity index (χ4n) is 2.27. The van der Waals surface area contributed by atoms with Crippen LogP contribution < -0.4 is 11.1 Å². The molecule has 1 aromatic heterocycles. The van der Waals surface area contributed by atoms with Crippen LogP contribution in [0.1, 0.15) is 13.3 Å². The number of aromatic nitrogens is 1. The van der Waals surface area contributed by atoms with Crippen LogP contribution in [0.3, 0.4) is 0 Å². The zero-order valence-electron chi connectivity index (χ0n) is 9.98. The van der Waals surface area contributed by atoms with Gasteiger partial charge in [-0.15, -0.1) is 0 Å². The van der Waals surface area contributed by atoms with Gasteiger partial charge in [-0.2, -0.15) is 0 Å². The highest BCUT2D eigenvalue weighted by Crippen LogP contribution is 2.38. The Balaban J connectivity index is 1.92. The molecule has 88 valence electrons. The molecule has 0 saturated heterocycles. The zero-order chi connectivity index (χ0) is 11.8. The zero-order valence-corrected chi connectivity index (χ0v) is 9.98. The number of para-hydroxylation sites is 1. The summed E-state index contributed by atoms with van der Waals surface area (Å²) < 4.78 is 0. The average molecular weight is 227 g/mol. The minimum atomic E-state index is 0.733. The Morgan fingerprint density at radius 2 is 2.18 bits per heavy atom. The summed E-state index contributed by atoms with van der Waals surface area (Å²) in [4.78, 5) is 4.33. The number of benzene rings is 1. The van der Waals surface area contributed by atoms with Crippen molar-refractivity contribution in [1.82, 2.24) is 4.98 Å². The Bertz CT molecular complexity index is 550. The molecule has 2 unspecified atom stereocenters. The molecule has 1 saturated carbocycles. The lowest BCUT2D eigenvalue weighted by molar-refractivity contribution is 0.788. The van der Waals surface area contributed by atoms with Gasteiger partial charge in [0.1, 0.15) is 0 Å². The smallest absolute Gasteiger partial charge is 0.0743 e. The van der Waals surface area contributed by atoms with Crippen LogP contribution in [0.4, 0.5) is 11.4 Å². The number of fused-ring (bicyclic) bond motifs is 1. The number of pyridine rings is 1. The molecule has 0 spiro atoms. The molecule has 2 aromatic rings. The maximum Gasteiger partial charge on any atom is 0.0743 e. The minimum absolute atomic E-state index is 0.733. The largest absolute Gasteiger partial charge is 0.396 e. The molecule has 1 aromatic carbocycles. The first-order valence-electron chi connectivity index (χ1n) is 6.13. The van der Waals surface area contributed by atoms with Crippen LogP contribution >= 0.6 is 0 Å². The lowest BCUT2D eigenvalue weighted by Crippen LogP contribution is -2.07. The topological polar surface area (TPSA) is 50.9 Å². The van der Waals surface area contributed by atoms with E-state index >= 15 is 0 Å². The molecule has 1 fully saturated rings. The highest BCUT2D eigenvalue weighted by molar-refractivity contribution is 5.96. The SMILES string of the molecule is CC1CC1CNc1c(N)cnc2ccccc12. The van der Waals surface area contributed by atoms with Crippen LogP contribution in [0, 0.1) is 11.8 Å². The van der Waals surface area contributed by atoms with Gasteiger partial charge in [0, 0.05) is 11.9 Å². The van der Waals surface area contributed by atoms with E-state index in [2.05, 4.69) is 23.3 Å². The summed E-state index contributed by atoms with van der Waals surface area (Å²) in [6.45, 7) is 3.31. The average Bonchev–Trinajstić information content (AvgIpc) is 3.04. The Kier molecular flexibility index (Phi) is 2.39. The van der Waals surface area contributed by atoms with Crippen molar-refractivity contribution in [3.05, 3.63) is 30.5 Å². The first-order chi connectivity index (χ1) is 8.25. The Morgan fingerprint density at radius 1 is 1.41 bits per heavy atom. The van der Waals surface area contributed by atoms with E-state index in [1.807, 2.05) is 18.2 Å². The van der Waals surface area contributed by atoms with Gasteiger partial charge in [0.05, 0.1) is 23.1 Å². The number of nitrogens with zero attached hydrogens (tertiary/aromatic N) is 1. The Hall–Kier alpha value is -1.77. The van der Waals surface area contributed by atoms with Crippen molar-refractivity contribution in [1.29, 1.82) is 0 Å². The lowest BCUT2D eigenvalue weighted by atomic mass is 10.1. The van der Waals surface area contributed by atoms with E-state index < -0.39 is 0 Å². The first kappa shape index (κ1) is 10.4. The third kappa shape index (κ3) is 1.93. The second-order valence-corrected chi connectivity index (χ2v) is 4.96. The van der Waals surface area contributed by atoms with Crippen LogP contribution in [-0.4, -0.2) is 11.5 Å². The molecule has 0 amide bonds. The van der Waals surface area contributed by atoms with Crippen molar-refractivity contribution < 1.29 is 0 Å². The first-order valence-corrected chi connectivity index (χ1v) is 6.13. The van der Waals surface area contributed by atoms with Gasteiger partial charge in [-0.25, -0.2) is 0 Å². The van der Waals surface area contributed by atoms with Crippen molar-refractivity contribution in [2.24, 2.45) is 11.8 Å². The summed E-state index contributed by atoms with van der Waals surface area (Å²) in [5, 5.41) is 4.60. The summed E-state index contributed by atoms with van der Waals surface area (Å²) in [7, 11) is 0. The molecule has 17 heavy (non-hydrogen) atoms. The number of hydrogen-bond donors (Lipinski definition) is 2. The molecule has 0 aliphatic heterocycles. The Morgan fingerprint density at radius 3 is 2.94 bits per heavy atom. The van der Waals surface area contributed by atoms with Gasteiger partial charge >= 0.3 is 0 Å². The molecular weight excluding hydrogens is 210 g/mol. The van der Waals surface area contributed by atoms with Crippen LogP contribution in [0.2, 0.25) is 0 Å². The number of nitrogens with two attached hydrogens (primary N) is 1. The molecule has 1 aliphatic rings. The molecule has 1 aliphatic carbocycles. The van der Waals surface area contributed by atoms with Gasteiger partial charge in [0.2, 0.25) is 0 Å². The molecule has 3 heteroatoms. The molecule has 0 radical (unpaired) electrons. The highest BCUT2D eigenvalue weighted by atomic mass is 14.9. The van der Waals surface area contributed by atoms with Crippen molar-refractivity contribution >= 4 is 22.3 Å². The molecular formula is C14H17N3. The number of nitrogens with one attached hydrogen (secondary N) is 1. The van der Waals surface area contributed by atoms with Crippen molar-refractivity contribution in [3.8, 4) is 0 Å². The third-order valence-electron chi connectivity index (χ3n) is 3.62. The molecule has 3 rings (SSSR count). The molecule has 1 heterocycles. The monoisotopic (exact) mass is 227 g/mol. The number of rotatable bonds is 3. The van der Waals surface area contributed by atoms with E-state index in [9.17, 15) is 0 Å². The Labute approximate surface area is 101 Å². The predicted molar refractivity (Wildman–Crippen MR) is 71.9 cm³/mol. The number of hydrogen-bond acceptors (Lipinski definition) is 3. The van der Waals surface area contributed by atoms with Gasteiger partial charge in [-0.1, -0.05) is 25.1 Å². The minimum Gasteiger partial charge on any atom is -0.396 e. The predicted octanol–water partition coefficient (Wildman–Crippen LogP) is 2.88. The van der Waals surface area contributed by atoms with Crippen LogP contribution in [-0.2, 0) is 0 Å². The van der Waals surface area contributed by atoms with E-state index in [0.717, 1.165) is 40.7 Å². The number of anilines is 2. The molecule has 3 nitrogen and oxygen atoms in total. The second kappa shape index (κ2) is 3.91. The van der Waals surface area contributed by atoms with Crippen LogP contribution in [0.15, 0.2) is 30.5 Å². The van der Waals surface area contributed by atoms with Crippen molar-refractivity contribution in [2.45, 2.75) is 13.3 Å². The standard InChI is InChI=1S/C14H17N3/c1-9-6-10(9)7-17-14-11-4-2-3-5-13(11)16-8-12(14)15/h2-5,8-10H,6-7,15H2,1H3,(H,16,17). The fraction of sp³-hybridized carbons (Fsp3) is 0.357. The summed E-state index contributed by atoms with van der Waals surface area (Å²) in [5.74, 6) is 1.66. The maximum atomic E-state index is 6.00. The number of nitrogen functional groups attached to an aromatic ring is 1. The van der Waals surface area contributed by atoms with Gasteiger partial charge < -0.3 is 11.1 Å². The summed E-state index contributed by atoms with van der Waals surface area (Å²) in [6.07, 6.45) is 3.07. The molecule has 3 N–H and O–H groups in total. The van der Waals surface area contributed by atoms with E-state index in [1.165, 1.54) is 6.42 Å². The van der Waals surface area contributed by atoms with Crippen LogP contribution in [0.5, 0.6) is 0 Å². The summed E-state index contributed by atoms with van der Waals surface area (Å²) in [6, 6.07) is 8.10. The second-order valence-electron chi connectivity index (χ2n) is 4.96. The van der Waals surface area contributed by atoms with E-state index in [1.54, 1.807) is 6.20 Å².